The summed E-state index contributed by atoms with van der Waals surface area (Å²) in [5.41, 5.74) is 4.41. The molecule has 1 N–H and O–H groups in total. The molecule has 28 heavy (non-hydrogen) atoms. The maximum Gasteiger partial charge on any atom is 0.180 e. The first kappa shape index (κ1) is 18.0. The predicted molar refractivity (Wildman–Crippen MR) is 108 cm³/mol. The lowest BCUT2D eigenvalue weighted by atomic mass is 9.98. The third-order valence-corrected chi connectivity index (χ3v) is 4.72. The van der Waals surface area contributed by atoms with Crippen molar-refractivity contribution in [3.8, 4) is 22.5 Å². The van der Waals surface area contributed by atoms with Gasteiger partial charge in [0.05, 0.1) is 0 Å². The Morgan fingerprint density at radius 1 is 0.964 bits per heavy atom. The Morgan fingerprint density at radius 2 is 1.75 bits per heavy atom. The third kappa shape index (κ3) is 3.69. The summed E-state index contributed by atoms with van der Waals surface area (Å²) in [6, 6.07) is 16.7. The Hall–Kier alpha value is -3.35. The Balaban J connectivity index is 1.59. The molecule has 0 aliphatic rings. The number of hydrogen-bond acceptors (Lipinski definition) is 5. The van der Waals surface area contributed by atoms with E-state index in [9.17, 15) is 0 Å². The van der Waals surface area contributed by atoms with E-state index in [-0.39, 0.29) is 0 Å². The van der Waals surface area contributed by atoms with Crippen molar-refractivity contribution >= 4 is 0 Å². The van der Waals surface area contributed by atoms with Gasteiger partial charge in [-0.2, -0.15) is 5.10 Å². The van der Waals surface area contributed by atoms with Crippen LogP contribution in [0.25, 0.3) is 22.5 Å². The van der Waals surface area contributed by atoms with Gasteiger partial charge in [-0.15, -0.1) is 5.10 Å². The smallest absolute Gasteiger partial charge is 0.180 e. The van der Waals surface area contributed by atoms with Crippen molar-refractivity contribution in [2.45, 2.75) is 39.7 Å². The van der Waals surface area contributed by atoms with Crippen LogP contribution in [0, 0.1) is 0 Å². The number of nitrogens with zero attached hydrogens (tertiary/aromatic N) is 6. The highest BCUT2D eigenvalue weighted by Crippen LogP contribution is 2.29. The van der Waals surface area contributed by atoms with Crippen LogP contribution in [0.4, 0.5) is 0 Å². The summed E-state index contributed by atoms with van der Waals surface area (Å²) in [4.78, 5) is 4.72. The fraction of sp³-hybridized carbons (Fsp3) is 0.286. The molecule has 142 valence electrons. The van der Waals surface area contributed by atoms with Crippen molar-refractivity contribution in [1.29, 1.82) is 0 Å². The van der Waals surface area contributed by atoms with Gasteiger partial charge in [-0.05, 0) is 40.5 Å². The molecule has 0 unspecified atom stereocenters. The maximum absolute atomic E-state index is 4.72. The number of aromatic nitrogens is 7. The normalized spacial score (nSPS) is 11.1. The Morgan fingerprint density at radius 3 is 2.43 bits per heavy atom. The number of tetrazole rings is 1. The Kier molecular flexibility index (Phi) is 5.23. The molecule has 7 heteroatoms. The van der Waals surface area contributed by atoms with Gasteiger partial charge in [0, 0.05) is 24.9 Å². The highest BCUT2D eigenvalue weighted by Gasteiger charge is 2.12. The molecule has 0 radical (unpaired) electrons. The second-order valence-corrected chi connectivity index (χ2v) is 6.68. The molecule has 0 atom stereocenters. The molecule has 0 saturated heterocycles. The molecule has 2 aromatic heterocycles. The van der Waals surface area contributed by atoms with Gasteiger partial charge >= 0.3 is 0 Å². The summed E-state index contributed by atoms with van der Waals surface area (Å²) < 4.78 is 2.01. The predicted octanol–water partition coefficient (Wildman–Crippen LogP) is 3.69. The minimum Gasteiger partial charge on any atom is -0.250 e. The van der Waals surface area contributed by atoms with Crippen molar-refractivity contribution in [2.75, 3.05) is 0 Å². The van der Waals surface area contributed by atoms with Gasteiger partial charge in [0.1, 0.15) is 5.82 Å². The van der Waals surface area contributed by atoms with Crippen molar-refractivity contribution in [3.63, 3.8) is 0 Å². The summed E-state index contributed by atoms with van der Waals surface area (Å²) in [6.07, 6.45) is 2.76. The van der Waals surface area contributed by atoms with E-state index in [4.69, 9.17) is 4.98 Å². The fourth-order valence-electron chi connectivity index (χ4n) is 3.34. The van der Waals surface area contributed by atoms with Gasteiger partial charge in [-0.25, -0.2) is 14.8 Å². The van der Waals surface area contributed by atoms with Crippen molar-refractivity contribution in [1.82, 2.24) is 35.4 Å². The van der Waals surface area contributed by atoms with Crippen LogP contribution in [-0.2, 0) is 19.4 Å². The average Bonchev–Trinajstić information content (AvgIpc) is 3.39. The summed E-state index contributed by atoms with van der Waals surface area (Å²) in [6.45, 7) is 5.09. The molecule has 0 saturated carbocycles. The number of nitrogens with one attached hydrogen (secondary N) is 1. The first-order chi connectivity index (χ1) is 13.8. The quantitative estimate of drug-likeness (QED) is 0.534. The van der Waals surface area contributed by atoms with Crippen LogP contribution < -0.4 is 0 Å². The van der Waals surface area contributed by atoms with Crippen LogP contribution in [0.5, 0.6) is 0 Å². The molecule has 4 aromatic rings. The molecule has 0 spiro atoms. The molecular weight excluding hydrogens is 350 g/mol. The van der Waals surface area contributed by atoms with Gasteiger partial charge in [0.2, 0.25) is 0 Å². The summed E-state index contributed by atoms with van der Waals surface area (Å²) >= 11 is 0. The molecule has 7 nitrogen and oxygen atoms in total. The Bertz CT molecular complexity index is 1030. The summed E-state index contributed by atoms with van der Waals surface area (Å²) in [5.74, 6) is 2.62. The lowest BCUT2D eigenvalue weighted by Crippen LogP contribution is -2.04. The van der Waals surface area contributed by atoms with E-state index in [0.717, 1.165) is 54.1 Å². The first-order valence-corrected chi connectivity index (χ1v) is 9.63. The van der Waals surface area contributed by atoms with Crippen LogP contribution in [0.1, 0.15) is 37.5 Å². The van der Waals surface area contributed by atoms with Crippen LogP contribution in [0.15, 0.2) is 48.5 Å². The molecule has 0 aliphatic carbocycles. The minimum absolute atomic E-state index is 0.666. The number of rotatable bonds is 7. The summed E-state index contributed by atoms with van der Waals surface area (Å²) in [7, 11) is 0. The van der Waals surface area contributed by atoms with Crippen molar-refractivity contribution in [3.05, 3.63) is 65.7 Å². The molecule has 2 aromatic carbocycles. The van der Waals surface area contributed by atoms with Crippen LogP contribution in [-0.4, -0.2) is 35.4 Å². The van der Waals surface area contributed by atoms with E-state index < -0.39 is 0 Å². The first-order valence-electron chi connectivity index (χ1n) is 9.63. The van der Waals surface area contributed by atoms with Gasteiger partial charge in [-0.1, -0.05) is 55.5 Å². The lowest BCUT2D eigenvalue weighted by Gasteiger charge is -2.08. The zero-order valence-electron chi connectivity index (χ0n) is 16.1. The largest absolute Gasteiger partial charge is 0.250 e. The molecule has 0 aliphatic heterocycles. The van der Waals surface area contributed by atoms with Crippen molar-refractivity contribution in [2.24, 2.45) is 0 Å². The Labute approximate surface area is 163 Å². The summed E-state index contributed by atoms with van der Waals surface area (Å²) in [5, 5.41) is 18.9. The van der Waals surface area contributed by atoms with Gasteiger partial charge < -0.3 is 0 Å². The van der Waals surface area contributed by atoms with Gasteiger partial charge in [0.15, 0.2) is 11.6 Å². The molecular formula is C21H23N7. The van der Waals surface area contributed by atoms with E-state index in [1.54, 1.807) is 0 Å². The van der Waals surface area contributed by atoms with Crippen LogP contribution in [0.3, 0.4) is 0 Å². The average molecular weight is 373 g/mol. The highest BCUT2D eigenvalue weighted by atomic mass is 15.5. The van der Waals surface area contributed by atoms with E-state index >= 15 is 0 Å². The standard InChI is InChI=1S/C21H23N7/c1-3-7-19-22-20(28(4-2)25-19)14-15-10-12-16(13-11-15)17-8-5-6-9-18(17)21-23-26-27-24-21/h5-6,8-13H,3-4,7,14H2,1-2H3,(H,23,24,26,27). The second kappa shape index (κ2) is 8.12. The zero-order valence-corrected chi connectivity index (χ0v) is 16.1. The van der Waals surface area contributed by atoms with Gasteiger partial charge in [-0.3, -0.25) is 0 Å². The monoisotopic (exact) mass is 373 g/mol. The van der Waals surface area contributed by atoms with E-state index in [1.165, 1.54) is 5.56 Å². The number of aryl methyl sites for hydroxylation is 2. The third-order valence-electron chi connectivity index (χ3n) is 4.72. The van der Waals surface area contributed by atoms with Crippen LogP contribution >= 0.6 is 0 Å². The van der Waals surface area contributed by atoms with Gasteiger partial charge in [0.25, 0.3) is 0 Å². The van der Waals surface area contributed by atoms with E-state index in [0.29, 0.717) is 5.82 Å². The molecule has 2 heterocycles. The highest BCUT2D eigenvalue weighted by molar-refractivity contribution is 5.80. The molecule has 4 rings (SSSR count). The lowest BCUT2D eigenvalue weighted by molar-refractivity contribution is 0.616. The molecule has 0 fully saturated rings. The van der Waals surface area contributed by atoms with E-state index in [2.05, 4.69) is 69.9 Å². The zero-order chi connectivity index (χ0) is 19.3. The van der Waals surface area contributed by atoms with Crippen LogP contribution in [0.2, 0.25) is 0 Å². The number of benzene rings is 2. The number of aromatic amines is 1. The molecule has 0 amide bonds. The SMILES string of the molecule is CCCc1nc(Cc2ccc(-c3ccccc3-c3nnn[nH]3)cc2)n(CC)n1. The topological polar surface area (TPSA) is 85.2 Å². The number of hydrogen-bond donors (Lipinski definition) is 1. The number of H-pyrrole nitrogens is 1. The minimum atomic E-state index is 0.666. The maximum atomic E-state index is 4.72. The van der Waals surface area contributed by atoms with Crippen molar-refractivity contribution < 1.29 is 0 Å². The fourth-order valence-corrected chi connectivity index (χ4v) is 3.34. The second-order valence-electron chi connectivity index (χ2n) is 6.68. The van der Waals surface area contributed by atoms with E-state index in [1.807, 2.05) is 22.9 Å². The molecule has 0 bridgehead atoms.